The maximum Gasteiger partial charge on any atom is 0.220 e. The topological polar surface area (TPSA) is 55.1 Å². The molecule has 0 saturated carbocycles. The summed E-state index contributed by atoms with van der Waals surface area (Å²) in [4.78, 5) is 14.2. The van der Waals surface area contributed by atoms with E-state index in [0.29, 0.717) is 13.0 Å². The van der Waals surface area contributed by atoms with Crippen LogP contribution in [-0.2, 0) is 17.8 Å². The SMILES string of the molecule is Cc1ccc(CNC(=O)CCc2cccc(N)c2)s1. The van der Waals surface area contributed by atoms with Gasteiger partial charge < -0.3 is 11.1 Å². The quantitative estimate of drug-likeness (QED) is 0.824. The summed E-state index contributed by atoms with van der Waals surface area (Å²) < 4.78 is 0. The number of anilines is 1. The largest absolute Gasteiger partial charge is 0.399 e. The summed E-state index contributed by atoms with van der Waals surface area (Å²) in [5, 5.41) is 2.94. The van der Waals surface area contributed by atoms with Crippen molar-refractivity contribution in [2.75, 3.05) is 5.73 Å². The lowest BCUT2D eigenvalue weighted by molar-refractivity contribution is -0.121. The smallest absolute Gasteiger partial charge is 0.220 e. The molecule has 3 N–H and O–H groups in total. The molecule has 0 spiro atoms. The van der Waals surface area contributed by atoms with Crippen molar-refractivity contribution in [2.24, 2.45) is 0 Å². The van der Waals surface area contributed by atoms with Crippen molar-refractivity contribution >= 4 is 22.9 Å². The van der Waals surface area contributed by atoms with E-state index in [2.05, 4.69) is 24.4 Å². The van der Waals surface area contributed by atoms with Crippen LogP contribution in [0.3, 0.4) is 0 Å². The molecular weight excluding hydrogens is 256 g/mol. The predicted molar refractivity (Wildman–Crippen MR) is 80.1 cm³/mol. The van der Waals surface area contributed by atoms with Crippen molar-refractivity contribution in [2.45, 2.75) is 26.3 Å². The van der Waals surface area contributed by atoms with Crippen LogP contribution in [0.25, 0.3) is 0 Å². The number of carbonyl (C=O) groups is 1. The van der Waals surface area contributed by atoms with Gasteiger partial charge in [-0.25, -0.2) is 0 Å². The fraction of sp³-hybridized carbons (Fsp3) is 0.267. The number of carbonyl (C=O) groups excluding carboxylic acids is 1. The highest BCUT2D eigenvalue weighted by atomic mass is 32.1. The number of hydrogen-bond acceptors (Lipinski definition) is 3. The van der Waals surface area contributed by atoms with Crippen molar-refractivity contribution in [3.8, 4) is 0 Å². The van der Waals surface area contributed by atoms with E-state index in [9.17, 15) is 4.79 Å². The van der Waals surface area contributed by atoms with Crippen molar-refractivity contribution in [3.05, 3.63) is 51.7 Å². The molecule has 19 heavy (non-hydrogen) atoms. The van der Waals surface area contributed by atoms with Crippen molar-refractivity contribution in [3.63, 3.8) is 0 Å². The first-order valence-electron chi connectivity index (χ1n) is 6.30. The molecule has 2 rings (SSSR count). The summed E-state index contributed by atoms with van der Waals surface area (Å²) in [6.07, 6.45) is 1.22. The number of rotatable bonds is 5. The van der Waals surface area contributed by atoms with Gasteiger partial charge in [-0.15, -0.1) is 11.3 Å². The standard InChI is InChI=1S/C15H18N2OS/c1-11-5-7-14(19-11)10-17-15(18)8-6-12-3-2-4-13(16)9-12/h2-5,7,9H,6,8,10,16H2,1H3,(H,17,18). The maximum atomic E-state index is 11.7. The third-order valence-electron chi connectivity index (χ3n) is 2.85. The lowest BCUT2D eigenvalue weighted by Crippen LogP contribution is -2.22. The van der Waals surface area contributed by atoms with Crippen LogP contribution in [-0.4, -0.2) is 5.91 Å². The highest BCUT2D eigenvalue weighted by Crippen LogP contribution is 2.14. The zero-order chi connectivity index (χ0) is 13.7. The molecule has 3 nitrogen and oxygen atoms in total. The number of aryl methyl sites for hydroxylation is 2. The molecule has 1 heterocycles. The molecule has 0 aliphatic heterocycles. The summed E-state index contributed by atoms with van der Waals surface area (Å²) in [5.41, 5.74) is 7.54. The van der Waals surface area contributed by atoms with E-state index in [4.69, 9.17) is 5.73 Å². The highest BCUT2D eigenvalue weighted by molar-refractivity contribution is 7.11. The van der Waals surface area contributed by atoms with E-state index in [0.717, 1.165) is 17.7 Å². The molecule has 4 heteroatoms. The van der Waals surface area contributed by atoms with E-state index >= 15 is 0 Å². The Balaban J connectivity index is 1.75. The summed E-state index contributed by atoms with van der Waals surface area (Å²) >= 11 is 1.71. The van der Waals surface area contributed by atoms with Gasteiger partial charge in [0.05, 0.1) is 6.54 Å². The van der Waals surface area contributed by atoms with E-state index in [1.807, 2.05) is 24.3 Å². The second-order valence-electron chi connectivity index (χ2n) is 4.53. The monoisotopic (exact) mass is 274 g/mol. The molecule has 0 unspecified atom stereocenters. The minimum Gasteiger partial charge on any atom is -0.399 e. The average Bonchev–Trinajstić information content (AvgIpc) is 2.80. The summed E-state index contributed by atoms with van der Waals surface area (Å²) in [5.74, 6) is 0.0773. The molecule has 0 radical (unpaired) electrons. The third-order valence-corrected chi connectivity index (χ3v) is 3.85. The van der Waals surface area contributed by atoms with Crippen LogP contribution in [0.2, 0.25) is 0 Å². The molecule has 0 aliphatic rings. The molecule has 0 atom stereocenters. The normalized spacial score (nSPS) is 10.4. The van der Waals surface area contributed by atoms with Crippen molar-refractivity contribution in [1.29, 1.82) is 0 Å². The van der Waals surface area contributed by atoms with Gasteiger partial charge in [0.25, 0.3) is 0 Å². The van der Waals surface area contributed by atoms with Gasteiger partial charge in [0.1, 0.15) is 0 Å². The Labute approximate surface area is 117 Å². The van der Waals surface area contributed by atoms with Crippen LogP contribution in [0.15, 0.2) is 36.4 Å². The average molecular weight is 274 g/mol. The summed E-state index contributed by atoms with van der Waals surface area (Å²) in [6.45, 7) is 2.68. The van der Waals surface area contributed by atoms with Crippen LogP contribution in [0, 0.1) is 6.92 Å². The van der Waals surface area contributed by atoms with Crippen LogP contribution >= 0.6 is 11.3 Å². The van der Waals surface area contributed by atoms with E-state index < -0.39 is 0 Å². The number of nitrogens with one attached hydrogen (secondary N) is 1. The van der Waals surface area contributed by atoms with Crippen molar-refractivity contribution in [1.82, 2.24) is 5.32 Å². The molecule has 1 aromatic heterocycles. The van der Waals surface area contributed by atoms with Gasteiger partial charge in [-0.1, -0.05) is 12.1 Å². The van der Waals surface area contributed by atoms with E-state index in [1.54, 1.807) is 11.3 Å². The zero-order valence-corrected chi connectivity index (χ0v) is 11.8. The molecule has 0 saturated heterocycles. The lowest BCUT2D eigenvalue weighted by atomic mass is 10.1. The van der Waals surface area contributed by atoms with Crippen LogP contribution < -0.4 is 11.1 Å². The summed E-state index contributed by atoms with van der Waals surface area (Å²) in [6, 6.07) is 11.8. The molecule has 0 aliphatic carbocycles. The summed E-state index contributed by atoms with van der Waals surface area (Å²) in [7, 11) is 0. The number of nitrogen functional groups attached to an aromatic ring is 1. The number of amides is 1. The third kappa shape index (κ3) is 4.41. The van der Waals surface area contributed by atoms with Gasteiger partial charge in [-0.2, -0.15) is 0 Å². The van der Waals surface area contributed by atoms with Crippen LogP contribution in [0.4, 0.5) is 5.69 Å². The van der Waals surface area contributed by atoms with E-state index in [1.165, 1.54) is 9.75 Å². The fourth-order valence-corrected chi connectivity index (χ4v) is 2.69. The van der Waals surface area contributed by atoms with Gasteiger partial charge in [0.2, 0.25) is 5.91 Å². The minimum atomic E-state index is 0.0773. The Morgan fingerprint density at radius 3 is 2.84 bits per heavy atom. The van der Waals surface area contributed by atoms with Gasteiger partial charge in [-0.3, -0.25) is 4.79 Å². The maximum absolute atomic E-state index is 11.7. The van der Waals surface area contributed by atoms with Gasteiger partial charge >= 0.3 is 0 Å². The first-order valence-corrected chi connectivity index (χ1v) is 7.11. The Morgan fingerprint density at radius 2 is 2.16 bits per heavy atom. The fourth-order valence-electron chi connectivity index (χ4n) is 1.86. The Bertz CT molecular complexity index is 563. The van der Waals surface area contributed by atoms with Gasteiger partial charge in [0.15, 0.2) is 0 Å². The van der Waals surface area contributed by atoms with Crippen molar-refractivity contribution < 1.29 is 4.79 Å². The first-order chi connectivity index (χ1) is 9.13. The number of benzene rings is 1. The Morgan fingerprint density at radius 1 is 1.32 bits per heavy atom. The second-order valence-corrected chi connectivity index (χ2v) is 5.91. The molecule has 100 valence electrons. The van der Waals surface area contributed by atoms with Gasteiger partial charge in [0, 0.05) is 21.9 Å². The molecule has 2 aromatic rings. The lowest BCUT2D eigenvalue weighted by Gasteiger charge is -2.04. The van der Waals surface area contributed by atoms with Crippen LogP contribution in [0.5, 0.6) is 0 Å². The first kappa shape index (κ1) is 13.6. The minimum absolute atomic E-state index is 0.0773. The number of thiophene rings is 1. The molecule has 1 aromatic carbocycles. The Hall–Kier alpha value is -1.81. The molecule has 1 amide bonds. The number of nitrogens with two attached hydrogens (primary N) is 1. The molecule has 0 fully saturated rings. The predicted octanol–water partition coefficient (Wildman–Crippen LogP) is 2.89. The Kier molecular flexibility index (Phi) is 4.58. The molecule has 0 bridgehead atoms. The number of hydrogen-bond donors (Lipinski definition) is 2. The second kappa shape index (κ2) is 6.38. The van der Waals surface area contributed by atoms with E-state index in [-0.39, 0.29) is 5.91 Å². The highest BCUT2D eigenvalue weighted by Gasteiger charge is 2.03. The molecular formula is C15H18N2OS. The van der Waals surface area contributed by atoms with Crippen LogP contribution in [0.1, 0.15) is 21.7 Å². The van der Waals surface area contributed by atoms with Gasteiger partial charge in [-0.05, 0) is 43.2 Å². The zero-order valence-electron chi connectivity index (χ0n) is 11.0.